The summed E-state index contributed by atoms with van der Waals surface area (Å²) < 4.78 is 0. The molecule has 2 fully saturated rings. The van der Waals surface area contributed by atoms with Crippen molar-refractivity contribution in [1.29, 1.82) is 0 Å². The van der Waals surface area contributed by atoms with Crippen molar-refractivity contribution in [3.8, 4) is 0 Å². The Labute approximate surface area is 78.3 Å². The fraction of sp³-hybridized carbons (Fsp3) is 0.900. The van der Waals surface area contributed by atoms with Crippen molar-refractivity contribution < 1.29 is 9.90 Å². The number of carboxylic acid groups (broad SMARTS) is 1. The Morgan fingerprint density at radius 2 is 1.77 bits per heavy atom. The lowest BCUT2D eigenvalue weighted by atomic mass is 9.56. The summed E-state index contributed by atoms with van der Waals surface area (Å²) in [5, 5.41) is 8.83. The number of carbonyl (C=O) groups is 1. The predicted octanol–water partition coefficient (Wildman–Crippen LogP) is 1.37. The van der Waals surface area contributed by atoms with E-state index in [9.17, 15) is 4.79 Å². The maximum atomic E-state index is 10.7. The van der Waals surface area contributed by atoms with Crippen LogP contribution in [0.25, 0.3) is 0 Å². The quantitative estimate of drug-likeness (QED) is 0.645. The number of nitrogens with two attached hydrogens (primary N) is 1. The minimum atomic E-state index is -0.622. The van der Waals surface area contributed by atoms with Crippen molar-refractivity contribution in [2.45, 2.75) is 44.6 Å². The summed E-state index contributed by atoms with van der Waals surface area (Å²) in [4.78, 5) is 10.7. The van der Waals surface area contributed by atoms with Crippen molar-refractivity contribution >= 4 is 5.97 Å². The first kappa shape index (κ1) is 9.00. The molecule has 0 heterocycles. The van der Waals surface area contributed by atoms with E-state index in [0.29, 0.717) is 11.5 Å². The first-order chi connectivity index (χ1) is 6.14. The molecule has 0 aromatic rings. The largest absolute Gasteiger partial charge is 0.481 e. The molecule has 0 aromatic carbocycles. The highest BCUT2D eigenvalue weighted by molar-refractivity contribution is 5.70. The van der Waals surface area contributed by atoms with E-state index in [1.165, 1.54) is 6.42 Å². The number of hydrogen-bond donors (Lipinski definition) is 2. The SMILES string of the molecule is NC1CCC12CCC(C(=O)O)CC2. The van der Waals surface area contributed by atoms with Gasteiger partial charge in [0, 0.05) is 6.04 Å². The summed E-state index contributed by atoms with van der Waals surface area (Å²) in [6, 6.07) is 0.349. The molecule has 0 amide bonds. The Bertz CT molecular complexity index is 219. The Morgan fingerprint density at radius 3 is 2.08 bits per heavy atom. The van der Waals surface area contributed by atoms with E-state index in [4.69, 9.17) is 10.8 Å². The Morgan fingerprint density at radius 1 is 1.23 bits per heavy atom. The van der Waals surface area contributed by atoms with Crippen LogP contribution in [0.15, 0.2) is 0 Å². The molecule has 0 aromatic heterocycles. The minimum absolute atomic E-state index is 0.0987. The molecule has 2 aliphatic rings. The Kier molecular flexibility index (Phi) is 2.06. The van der Waals surface area contributed by atoms with E-state index >= 15 is 0 Å². The van der Waals surface area contributed by atoms with E-state index < -0.39 is 5.97 Å². The van der Waals surface area contributed by atoms with Crippen molar-refractivity contribution in [3.63, 3.8) is 0 Å². The number of hydrogen-bond acceptors (Lipinski definition) is 2. The van der Waals surface area contributed by atoms with Gasteiger partial charge in [0.25, 0.3) is 0 Å². The van der Waals surface area contributed by atoms with Gasteiger partial charge in [-0.25, -0.2) is 0 Å². The van der Waals surface area contributed by atoms with Crippen LogP contribution in [-0.4, -0.2) is 17.1 Å². The van der Waals surface area contributed by atoms with Crippen molar-refractivity contribution in [2.75, 3.05) is 0 Å². The summed E-state index contributed by atoms with van der Waals surface area (Å²) in [7, 11) is 0. The number of carboxylic acids is 1. The Balaban J connectivity index is 1.92. The zero-order valence-electron chi connectivity index (χ0n) is 7.83. The van der Waals surface area contributed by atoms with Crippen LogP contribution in [0.4, 0.5) is 0 Å². The molecule has 0 radical (unpaired) electrons. The molecule has 0 saturated heterocycles. The molecule has 74 valence electrons. The molecule has 1 atom stereocenters. The highest BCUT2D eigenvalue weighted by Gasteiger charge is 2.47. The molecule has 3 nitrogen and oxygen atoms in total. The highest BCUT2D eigenvalue weighted by Crippen LogP contribution is 2.51. The number of rotatable bonds is 1. The lowest BCUT2D eigenvalue weighted by molar-refractivity contribution is -0.144. The molecule has 2 rings (SSSR count). The average Bonchev–Trinajstić information content (AvgIpc) is 2.15. The normalized spacial score (nSPS) is 44.4. The third kappa shape index (κ3) is 1.35. The Hall–Kier alpha value is -0.570. The van der Waals surface area contributed by atoms with Gasteiger partial charge in [-0.15, -0.1) is 0 Å². The van der Waals surface area contributed by atoms with Crippen LogP contribution in [0.1, 0.15) is 38.5 Å². The molecule has 1 spiro atoms. The van der Waals surface area contributed by atoms with Crippen LogP contribution in [0.2, 0.25) is 0 Å². The fourth-order valence-corrected chi connectivity index (χ4v) is 2.78. The molecule has 3 heteroatoms. The lowest BCUT2D eigenvalue weighted by Gasteiger charge is -2.51. The third-order valence-corrected chi connectivity index (χ3v) is 4.07. The molecule has 0 aliphatic heterocycles. The maximum Gasteiger partial charge on any atom is 0.306 e. The molecule has 0 bridgehead atoms. The summed E-state index contributed by atoms with van der Waals surface area (Å²) >= 11 is 0. The van der Waals surface area contributed by atoms with Gasteiger partial charge in [-0.05, 0) is 43.9 Å². The minimum Gasteiger partial charge on any atom is -0.481 e. The molecule has 2 aliphatic carbocycles. The molecule has 1 unspecified atom stereocenters. The van der Waals surface area contributed by atoms with Gasteiger partial charge in [0.2, 0.25) is 0 Å². The average molecular weight is 183 g/mol. The summed E-state index contributed by atoms with van der Waals surface area (Å²) in [5.74, 6) is -0.721. The van der Waals surface area contributed by atoms with E-state index in [-0.39, 0.29) is 5.92 Å². The first-order valence-electron chi connectivity index (χ1n) is 5.12. The fourth-order valence-electron chi connectivity index (χ4n) is 2.78. The second-order valence-electron chi connectivity index (χ2n) is 4.62. The van der Waals surface area contributed by atoms with Gasteiger partial charge in [0.05, 0.1) is 5.92 Å². The molecule has 3 N–H and O–H groups in total. The summed E-state index contributed by atoms with van der Waals surface area (Å²) in [6.07, 6.45) is 6.10. The van der Waals surface area contributed by atoms with E-state index in [2.05, 4.69) is 0 Å². The molecule has 2 saturated carbocycles. The van der Waals surface area contributed by atoms with Crippen LogP contribution in [0.3, 0.4) is 0 Å². The summed E-state index contributed by atoms with van der Waals surface area (Å²) in [6.45, 7) is 0. The van der Waals surface area contributed by atoms with Crippen LogP contribution in [0.5, 0.6) is 0 Å². The van der Waals surface area contributed by atoms with Crippen LogP contribution in [-0.2, 0) is 4.79 Å². The zero-order valence-corrected chi connectivity index (χ0v) is 7.83. The predicted molar refractivity (Wildman–Crippen MR) is 49.2 cm³/mol. The van der Waals surface area contributed by atoms with Crippen molar-refractivity contribution in [2.24, 2.45) is 17.1 Å². The standard InChI is InChI=1S/C10H17NO2/c11-8-3-6-10(8)4-1-7(2-5-10)9(12)13/h7-8H,1-6,11H2,(H,12,13). The van der Waals surface area contributed by atoms with Crippen molar-refractivity contribution in [3.05, 3.63) is 0 Å². The van der Waals surface area contributed by atoms with Crippen LogP contribution < -0.4 is 5.73 Å². The van der Waals surface area contributed by atoms with E-state index in [1.807, 2.05) is 0 Å². The van der Waals surface area contributed by atoms with Gasteiger partial charge in [0.1, 0.15) is 0 Å². The van der Waals surface area contributed by atoms with Gasteiger partial charge in [-0.2, -0.15) is 0 Å². The van der Waals surface area contributed by atoms with E-state index in [0.717, 1.165) is 32.1 Å². The van der Waals surface area contributed by atoms with Crippen LogP contribution >= 0.6 is 0 Å². The van der Waals surface area contributed by atoms with Gasteiger partial charge in [-0.1, -0.05) is 0 Å². The number of aliphatic carboxylic acids is 1. The monoisotopic (exact) mass is 183 g/mol. The second-order valence-corrected chi connectivity index (χ2v) is 4.62. The van der Waals surface area contributed by atoms with Gasteiger partial charge >= 0.3 is 5.97 Å². The van der Waals surface area contributed by atoms with Gasteiger partial charge in [0.15, 0.2) is 0 Å². The second kappa shape index (κ2) is 2.98. The van der Waals surface area contributed by atoms with Gasteiger partial charge < -0.3 is 10.8 Å². The smallest absolute Gasteiger partial charge is 0.306 e. The third-order valence-electron chi connectivity index (χ3n) is 4.07. The van der Waals surface area contributed by atoms with E-state index in [1.54, 1.807) is 0 Å². The summed E-state index contributed by atoms with van der Waals surface area (Å²) in [5.41, 5.74) is 6.30. The zero-order chi connectivity index (χ0) is 9.47. The van der Waals surface area contributed by atoms with Crippen molar-refractivity contribution in [1.82, 2.24) is 0 Å². The molecule has 13 heavy (non-hydrogen) atoms. The topological polar surface area (TPSA) is 63.3 Å². The molecular formula is C10H17NO2. The van der Waals surface area contributed by atoms with Crippen LogP contribution in [0, 0.1) is 11.3 Å². The van der Waals surface area contributed by atoms with Gasteiger partial charge in [-0.3, -0.25) is 4.79 Å². The maximum absolute atomic E-state index is 10.7. The first-order valence-corrected chi connectivity index (χ1v) is 5.12. The molecular weight excluding hydrogens is 166 g/mol. The highest BCUT2D eigenvalue weighted by atomic mass is 16.4. The lowest BCUT2D eigenvalue weighted by Crippen LogP contribution is -2.52.